The van der Waals surface area contributed by atoms with Crippen LogP contribution in [0.25, 0.3) is 0 Å². The molecule has 33 heavy (non-hydrogen) atoms. The average Bonchev–Trinajstić information content (AvgIpc) is 2.76. The van der Waals surface area contributed by atoms with E-state index in [2.05, 4.69) is 0 Å². The van der Waals surface area contributed by atoms with E-state index in [1.807, 2.05) is 36.5 Å². The van der Waals surface area contributed by atoms with E-state index in [1.54, 1.807) is 0 Å². The zero-order chi connectivity index (χ0) is 25.4. The molecule has 0 aliphatic rings. The van der Waals surface area contributed by atoms with Gasteiger partial charge in [-0.3, -0.25) is 28.9 Å². The lowest BCUT2D eigenvalue weighted by molar-refractivity contribution is -0.130. The smallest absolute Gasteiger partial charge is 0.226 e. The van der Waals surface area contributed by atoms with Gasteiger partial charge in [0.15, 0.2) is 0 Å². The predicted octanol–water partition coefficient (Wildman–Crippen LogP) is -0.0487. The van der Waals surface area contributed by atoms with E-state index in [1.165, 1.54) is 4.90 Å². The van der Waals surface area contributed by atoms with Crippen LogP contribution in [0, 0.1) is 5.41 Å². The molecule has 0 bridgehead atoms. The molecule has 0 aromatic carbocycles. The van der Waals surface area contributed by atoms with Crippen LogP contribution >= 0.6 is 0 Å². The van der Waals surface area contributed by atoms with Gasteiger partial charge in [-0.2, -0.15) is 0 Å². The molecule has 0 aliphatic heterocycles. The standard InChI is InChI=1S/C21H35B3N4O5/c1-21(2,3)17(30)12-8-7-10-15(29)9-5-4-6-11-16(20(33)27-24)28(13-18(31)25-22)14-19(32)26-23/h16H,4-14H2,1-3H3,(H,25,31)(H,26,32)(H,27,33)/t16-/m0/s1. The quantitative estimate of drug-likeness (QED) is 0.209. The van der Waals surface area contributed by atoms with Crippen molar-refractivity contribution in [3.05, 3.63) is 0 Å². The first-order valence-electron chi connectivity index (χ1n) is 11.2. The maximum absolute atomic E-state index is 12.2. The Hall–Kier alpha value is -2.10. The van der Waals surface area contributed by atoms with Crippen molar-refractivity contribution in [2.24, 2.45) is 5.41 Å². The Balaban J connectivity index is 4.49. The Morgan fingerprint density at radius 3 is 1.67 bits per heavy atom. The van der Waals surface area contributed by atoms with Crippen LogP contribution < -0.4 is 15.7 Å². The highest BCUT2D eigenvalue weighted by Gasteiger charge is 2.27. The highest BCUT2D eigenvalue weighted by Crippen LogP contribution is 2.19. The van der Waals surface area contributed by atoms with Crippen LogP contribution in [0.2, 0.25) is 0 Å². The SMILES string of the molecule is [B]NC(=O)CN(CC(=O)N[B])[C@@H](CCCCCC(=O)CCCCC(=O)C(C)(C)C)C(=O)N[B]. The molecule has 0 saturated carbocycles. The Morgan fingerprint density at radius 2 is 1.21 bits per heavy atom. The molecular weight excluding hydrogens is 421 g/mol. The van der Waals surface area contributed by atoms with Gasteiger partial charge in [-0.1, -0.05) is 33.6 Å². The summed E-state index contributed by atoms with van der Waals surface area (Å²) in [6, 6.07) is -0.847. The molecule has 0 aromatic heterocycles. The summed E-state index contributed by atoms with van der Waals surface area (Å²) in [5.74, 6) is -1.36. The van der Waals surface area contributed by atoms with E-state index in [-0.39, 0.29) is 30.1 Å². The zero-order valence-corrected chi connectivity index (χ0v) is 20.1. The van der Waals surface area contributed by atoms with Crippen molar-refractivity contribution >= 4 is 53.2 Å². The van der Waals surface area contributed by atoms with E-state index < -0.39 is 23.8 Å². The molecule has 178 valence electrons. The van der Waals surface area contributed by atoms with Crippen LogP contribution in [0.15, 0.2) is 0 Å². The second-order valence-corrected chi connectivity index (χ2v) is 9.08. The summed E-state index contributed by atoms with van der Waals surface area (Å²) >= 11 is 0. The summed E-state index contributed by atoms with van der Waals surface area (Å²) in [4.78, 5) is 60.9. The van der Waals surface area contributed by atoms with Gasteiger partial charge in [0, 0.05) is 24.7 Å². The van der Waals surface area contributed by atoms with Crippen LogP contribution in [0.4, 0.5) is 0 Å². The Morgan fingerprint density at radius 1 is 0.727 bits per heavy atom. The fraction of sp³-hybridized carbons (Fsp3) is 0.762. The monoisotopic (exact) mass is 456 g/mol. The third-order valence-corrected chi connectivity index (χ3v) is 5.28. The number of nitrogens with one attached hydrogen (secondary N) is 3. The maximum Gasteiger partial charge on any atom is 0.226 e. The van der Waals surface area contributed by atoms with Crippen LogP contribution in [-0.2, 0) is 24.0 Å². The summed E-state index contributed by atoms with van der Waals surface area (Å²) in [6.07, 6.45) is 5.01. The average molecular weight is 456 g/mol. The number of nitrogens with zero attached hydrogens (tertiary/aromatic N) is 1. The van der Waals surface area contributed by atoms with Gasteiger partial charge >= 0.3 is 0 Å². The number of carbonyl (C=O) groups is 5. The molecule has 0 saturated heterocycles. The highest BCUT2D eigenvalue weighted by molar-refractivity contribution is 6.16. The molecular formula is C21H35B3N4O5. The van der Waals surface area contributed by atoms with E-state index in [4.69, 9.17) is 23.9 Å². The number of ketones is 2. The molecule has 0 rings (SSSR count). The highest BCUT2D eigenvalue weighted by atomic mass is 16.2. The van der Waals surface area contributed by atoms with Gasteiger partial charge in [-0.25, -0.2) is 0 Å². The summed E-state index contributed by atoms with van der Waals surface area (Å²) in [5, 5.41) is 5.97. The lowest BCUT2D eigenvalue weighted by Crippen LogP contribution is -2.52. The molecule has 0 aromatic rings. The first-order chi connectivity index (χ1) is 15.5. The van der Waals surface area contributed by atoms with Crippen molar-refractivity contribution in [1.29, 1.82) is 0 Å². The first-order valence-corrected chi connectivity index (χ1v) is 11.2. The van der Waals surface area contributed by atoms with Gasteiger partial charge in [0.05, 0.1) is 19.1 Å². The van der Waals surface area contributed by atoms with E-state index in [0.29, 0.717) is 57.8 Å². The lowest BCUT2D eigenvalue weighted by atomic mass is 9.87. The van der Waals surface area contributed by atoms with Crippen molar-refractivity contribution in [2.45, 2.75) is 84.6 Å². The Labute approximate surface area is 201 Å². The van der Waals surface area contributed by atoms with Gasteiger partial charge < -0.3 is 15.7 Å². The number of Topliss-reactive ketones (excluding diaryl/α,β-unsaturated/α-hetero) is 2. The number of unbranched alkanes of at least 4 members (excludes halogenated alkanes) is 3. The fourth-order valence-corrected chi connectivity index (χ4v) is 3.26. The van der Waals surface area contributed by atoms with Crippen molar-refractivity contribution in [2.75, 3.05) is 13.1 Å². The Kier molecular flexibility index (Phi) is 15.5. The van der Waals surface area contributed by atoms with Crippen molar-refractivity contribution in [3.8, 4) is 0 Å². The van der Waals surface area contributed by atoms with Crippen molar-refractivity contribution < 1.29 is 24.0 Å². The zero-order valence-electron chi connectivity index (χ0n) is 20.1. The molecule has 0 unspecified atom stereocenters. The number of hydrogen-bond donors (Lipinski definition) is 3. The molecule has 0 fully saturated rings. The fourth-order valence-electron chi connectivity index (χ4n) is 3.26. The molecule has 1 atom stereocenters. The number of rotatable bonds is 17. The van der Waals surface area contributed by atoms with Crippen molar-refractivity contribution in [1.82, 2.24) is 20.6 Å². The molecule has 0 heterocycles. The maximum atomic E-state index is 12.2. The van der Waals surface area contributed by atoms with Crippen molar-refractivity contribution in [3.63, 3.8) is 0 Å². The third-order valence-electron chi connectivity index (χ3n) is 5.28. The molecule has 9 nitrogen and oxygen atoms in total. The molecule has 3 N–H and O–H groups in total. The third kappa shape index (κ3) is 13.9. The minimum Gasteiger partial charge on any atom is -0.408 e. The normalized spacial score (nSPS) is 12.1. The topological polar surface area (TPSA) is 125 Å². The van der Waals surface area contributed by atoms with Gasteiger partial charge in [-0.05, 0) is 25.7 Å². The van der Waals surface area contributed by atoms with E-state index in [0.717, 1.165) is 0 Å². The molecule has 6 radical (unpaired) electrons. The molecule has 0 spiro atoms. The molecule has 3 amide bonds. The molecule has 0 aliphatic carbocycles. The number of amides is 3. The number of hydrogen-bond acceptors (Lipinski definition) is 6. The van der Waals surface area contributed by atoms with Crippen LogP contribution in [0.5, 0.6) is 0 Å². The van der Waals surface area contributed by atoms with E-state index in [9.17, 15) is 24.0 Å². The minimum atomic E-state index is -0.847. The van der Waals surface area contributed by atoms with Gasteiger partial charge in [0.2, 0.25) is 41.7 Å². The van der Waals surface area contributed by atoms with E-state index >= 15 is 0 Å². The summed E-state index contributed by atoms with van der Waals surface area (Å²) in [6.45, 7) is 5.08. The van der Waals surface area contributed by atoms with Crippen LogP contribution in [0.3, 0.4) is 0 Å². The second-order valence-electron chi connectivity index (χ2n) is 9.08. The summed E-state index contributed by atoms with van der Waals surface area (Å²) < 4.78 is 0. The van der Waals surface area contributed by atoms with Crippen LogP contribution in [-0.4, -0.2) is 77.3 Å². The first kappa shape index (κ1) is 30.9. The van der Waals surface area contributed by atoms with Crippen LogP contribution in [0.1, 0.15) is 78.6 Å². The molecule has 12 heteroatoms. The number of carbonyl (C=O) groups excluding carboxylic acids is 5. The van der Waals surface area contributed by atoms with Gasteiger partial charge in [0.25, 0.3) is 0 Å². The van der Waals surface area contributed by atoms with Gasteiger partial charge in [-0.15, -0.1) is 0 Å². The minimum absolute atomic E-state index is 0.148. The lowest BCUT2D eigenvalue weighted by Gasteiger charge is -2.29. The predicted molar refractivity (Wildman–Crippen MR) is 128 cm³/mol. The Bertz CT molecular complexity index is 653. The summed E-state index contributed by atoms with van der Waals surface area (Å²) in [5.41, 5.74) is -0.347. The summed E-state index contributed by atoms with van der Waals surface area (Å²) in [7, 11) is 15.5. The second kappa shape index (κ2) is 16.5. The largest absolute Gasteiger partial charge is 0.408 e. The van der Waals surface area contributed by atoms with Gasteiger partial charge in [0.1, 0.15) is 11.6 Å².